The first-order valence-corrected chi connectivity index (χ1v) is 9.71. The lowest BCUT2D eigenvalue weighted by molar-refractivity contribution is 0.0738. The number of nitrogens with zero attached hydrogens (tertiary/aromatic N) is 1. The van der Waals surface area contributed by atoms with Gasteiger partial charge in [0.2, 0.25) is 0 Å². The van der Waals surface area contributed by atoms with Crippen molar-refractivity contribution in [3.05, 3.63) is 93.7 Å². The Morgan fingerprint density at radius 2 is 1.65 bits per heavy atom. The molecular weight excluding hydrogens is 338 g/mol. The van der Waals surface area contributed by atoms with Gasteiger partial charge in [0.1, 0.15) is 0 Å². The maximum Gasteiger partial charge on any atom is 0.254 e. The number of carbonyl (C=O) groups excluding carboxylic acids is 1. The molecule has 1 aliphatic rings. The van der Waals surface area contributed by atoms with Gasteiger partial charge in [0, 0.05) is 28.1 Å². The van der Waals surface area contributed by atoms with Crippen LogP contribution in [0.1, 0.15) is 45.2 Å². The van der Waals surface area contributed by atoms with E-state index in [0.29, 0.717) is 0 Å². The normalized spacial score (nSPS) is 16.2. The van der Waals surface area contributed by atoms with Gasteiger partial charge in [-0.25, -0.2) is 0 Å². The minimum Gasteiger partial charge on any atom is -0.331 e. The van der Waals surface area contributed by atoms with E-state index >= 15 is 0 Å². The molecular formula is C23H19NOS. The molecule has 1 aromatic heterocycles. The van der Waals surface area contributed by atoms with Crippen LogP contribution in [-0.2, 0) is 0 Å². The molecule has 26 heavy (non-hydrogen) atoms. The number of hydrogen-bond acceptors (Lipinski definition) is 2. The fourth-order valence-electron chi connectivity index (χ4n) is 3.31. The molecule has 0 radical (unpaired) electrons. The van der Waals surface area contributed by atoms with Gasteiger partial charge < -0.3 is 4.90 Å². The Balaban J connectivity index is 1.50. The number of thiophene rings is 1. The largest absolute Gasteiger partial charge is 0.331 e. The van der Waals surface area contributed by atoms with Gasteiger partial charge in [0.05, 0.1) is 6.04 Å². The average Bonchev–Trinajstić information content (AvgIpc) is 3.38. The lowest BCUT2D eigenvalue weighted by atomic mass is 10.1. The number of amides is 1. The second-order valence-electron chi connectivity index (χ2n) is 6.37. The topological polar surface area (TPSA) is 20.3 Å². The van der Waals surface area contributed by atoms with E-state index in [1.165, 1.54) is 4.88 Å². The molecule has 1 fully saturated rings. The molecule has 2 nitrogen and oxygen atoms in total. The minimum atomic E-state index is 0.114. The molecule has 1 amide bonds. The third kappa shape index (κ3) is 3.56. The highest BCUT2D eigenvalue weighted by molar-refractivity contribution is 7.10. The molecule has 0 spiro atoms. The van der Waals surface area contributed by atoms with Crippen LogP contribution in [0.5, 0.6) is 0 Å². The van der Waals surface area contributed by atoms with Crippen molar-refractivity contribution in [1.29, 1.82) is 0 Å². The van der Waals surface area contributed by atoms with Crippen molar-refractivity contribution in [3.8, 4) is 11.8 Å². The Labute approximate surface area is 158 Å². The highest BCUT2D eigenvalue weighted by atomic mass is 32.1. The number of benzene rings is 2. The number of rotatable bonds is 2. The van der Waals surface area contributed by atoms with Gasteiger partial charge in [-0.15, -0.1) is 11.3 Å². The minimum absolute atomic E-state index is 0.114. The number of hydrogen-bond donors (Lipinski definition) is 0. The van der Waals surface area contributed by atoms with E-state index in [0.717, 1.165) is 36.1 Å². The number of likely N-dealkylation sites (tertiary alicyclic amines) is 1. The molecule has 0 aliphatic carbocycles. The summed E-state index contributed by atoms with van der Waals surface area (Å²) in [7, 11) is 0. The second-order valence-corrected chi connectivity index (χ2v) is 7.34. The van der Waals surface area contributed by atoms with Gasteiger partial charge in [-0.2, -0.15) is 0 Å². The van der Waals surface area contributed by atoms with Crippen LogP contribution in [0.15, 0.2) is 72.1 Å². The molecule has 4 rings (SSSR count). The molecule has 0 bridgehead atoms. The zero-order valence-electron chi connectivity index (χ0n) is 14.4. The Morgan fingerprint density at radius 1 is 0.923 bits per heavy atom. The summed E-state index contributed by atoms with van der Waals surface area (Å²) in [5.74, 6) is 6.42. The van der Waals surface area contributed by atoms with Crippen LogP contribution in [0.4, 0.5) is 0 Å². The molecule has 1 unspecified atom stereocenters. The highest BCUT2D eigenvalue weighted by Gasteiger charge is 2.31. The molecule has 2 aromatic carbocycles. The van der Waals surface area contributed by atoms with E-state index in [9.17, 15) is 4.79 Å². The maximum atomic E-state index is 12.9. The molecule has 1 atom stereocenters. The average molecular weight is 357 g/mol. The number of carbonyl (C=O) groups is 1. The zero-order chi connectivity index (χ0) is 17.8. The summed E-state index contributed by atoms with van der Waals surface area (Å²) in [6, 6.07) is 22.0. The Morgan fingerprint density at radius 3 is 2.35 bits per heavy atom. The van der Waals surface area contributed by atoms with E-state index in [1.807, 2.05) is 59.5 Å². The van der Waals surface area contributed by atoms with Gasteiger partial charge in [0.25, 0.3) is 5.91 Å². The summed E-state index contributed by atoms with van der Waals surface area (Å²) in [5, 5.41) is 2.08. The van der Waals surface area contributed by atoms with Crippen LogP contribution in [0.3, 0.4) is 0 Å². The summed E-state index contributed by atoms with van der Waals surface area (Å²) < 4.78 is 0. The molecule has 0 N–H and O–H groups in total. The Kier molecular flexibility index (Phi) is 4.86. The summed E-state index contributed by atoms with van der Waals surface area (Å²) in [5.41, 5.74) is 2.64. The third-order valence-corrected chi connectivity index (χ3v) is 5.62. The highest BCUT2D eigenvalue weighted by Crippen LogP contribution is 2.35. The standard InChI is InChI=1S/C23H19NOS/c25-23(24-16-4-8-21(24)22-9-5-17-26-22)20-14-12-19(13-15-20)11-10-18-6-2-1-3-7-18/h1-3,5-7,9,12-15,17,21H,4,8,16H2. The van der Waals surface area contributed by atoms with Crippen LogP contribution in [0, 0.1) is 11.8 Å². The summed E-state index contributed by atoms with van der Waals surface area (Å²) in [4.78, 5) is 16.2. The lowest BCUT2D eigenvalue weighted by Gasteiger charge is -2.24. The molecule has 128 valence electrons. The maximum absolute atomic E-state index is 12.9. The SMILES string of the molecule is O=C(c1ccc(C#Cc2ccccc2)cc1)N1CCCC1c1cccs1. The van der Waals surface area contributed by atoms with Crippen molar-refractivity contribution in [1.82, 2.24) is 4.90 Å². The fourth-order valence-corrected chi connectivity index (χ4v) is 4.19. The van der Waals surface area contributed by atoms with Gasteiger partial charge in [-0.1, -0.05) is 36.1 Å². The molecule has 2 heterocycles. The summed E-state index contributed by atoms with van der Waals surface area (Å²) >= 11 is 1.73. The summed E-state index contributed by atoms with van der Waals surface area (Å²) in [6.45, 7) is 0.830. The summed E-state index contributed by atoms with van der Waals surface area (Å²) in [6.07, 6.45) is 2.11. The predicted molar refractivity (Wildman–Crippen MR) is 106 cm³/mol. The van der Waals surface area contributed by atoms with Gasteiger partial charge in [-0.3, -0.25) is 4.79 Å². The smallest absolute Gasteiger partial charge is 0.254 e. The van der Waals surface area contributed by atoms with Crippen LogP contribution in [0.25, 0.3) is 0 Å². The van der Waals surface area contributed by atoms with Crippen LogP contribution in [0.2, 0.25) is 0 Å². The monoisotopic (exact) mass is 357 g/mol. The van der Waals surface area contributed by atoms with Crippen LogP contribution >= 0.6 is 11.3 Å². The molecule has 3 heteroatoms. The lowest BCUT2D eigenvalue weighted by Crippen LogP contribution is -2.30. The van der Waals surface area contributed by atoms with E-state index < -0.39 is 0 Å². The van der Waals surface area contributed by atoms with E-state index in [4.69, 9.17) is 0 Å². The fraction of sp³-hybridized carbons (Fsp3) is 0.174. The van der Waals surface area contributed by atoms with E-state index in [2.05, 4.69) is 29.4 Å². The van der Waals surface area contributed by atoms with Crippen molar-refractivity contribution in [3.63, 3.8) is 0 Å². The Hall–Kier alpha value is -2.83. The Bertz CT molecular complexity index is 933. The van der Waals surface area contributed by atoms with Crippen LogP contribution in [-0.4, -0.2) is 17.4 Å². The first-order chi connectivity index (χ1) is 12.8. The van der Waals surface area contributed by atoms with Gasteiger partial charge >= 0.3 is 0 Å². The third-order valence-electron chi connectivity index (χ3n) is 4.64. The zero-order valence-corrected chi connectivity index (χ0v) is 15.2. The first-order valence-electron chi connectivity index (χ1n) is 8.83. The predicted octanol–water partition coefficient (Wildman–Crippen LogP) is 5.13. The van der Waals surface area contributed by atoms with E-state index in [-0.39, 0.29) is 11.9 Å². The van der Waals surface area contributed by atoms with Crippen molar-refractivity contribution in [2.45, 2.75) is 18.9 Å². The molecule has 0 saturated carbocycles. The second kappa shape index (κ2) is 7.59. The van der Waals surface area contributed by atoms with Gasteiger partial charge in [-0.05, 0) is 60.7 Å². The van der Waals surface area contributed by atoms with Crippen molar-refractivity contribution < 1.29 is 4.79 Å². The molecule has 3 aromatic rings. The molecule has 1 aliphatic heterocycles. The van der Waals surface area contributed by atoms with Crippen LogP contribution < -0.4 is 0 Å². The van der Waals surface area contributed by atoms with Gasteiger partial charge in [0.15, 0.2) is 0 Å². The molecule has 1 saturated heterocycles. The van der Waals surface area contributed by atoms with Crippen molar-refractivity contribution >= 4 is 17.2 Å². The quantitative estimate of drug-likeness (QED) is 0.583. The van der Waals surface area contributed by atoms with Crippen molar-refractivity contribution in [2.75, 3.05) is 6.54 Å². The van der Waals surface area contributed by atoms with E-state index in [1.54, 1.807) is 11.3 Å². The first kappa shape index (κ1) is 16.6. The van der Waals surface area contributed by atoms with Crippen molar-refractivity contribution in [2.24, 2.45) is 0 Å².